The zero-order valence-corrected chi connectivity index (χ0v) is 9.52. The Bertz CT molecular complexity index is 510. The Balaban J connectivity index is 2.23. The molecule has 0 aliphatic rings. The third-order valence-electron chi connectivity index (χ3n) is 2.30. The van der Waals surface area contributed by atoms with Crippen LogP contribution in [0, 0.1) is 12.7 Å². The van der Waals surface area contributed by atoms with Gasteiger partial charge in [0.1, 0.15) is 23.3 Å². The Morgan fingerprint density at radius 1 is 1.06 bits per heavy atom. The molecule has 0 unspecified atom stereocenters. The van der Waals surface area contributed by atoms with E-state index in [1.54, 1.807) is 19.1 Å². The second-order valence-corrected chi connectivity index (χ2v) is 3.72. The highest BCUT2D eigenvalue weighted by Gasteiger charge is 2.04. The van der Waals surface area contributed by atoms with Gasteiger partial charge in [0.15, 0.2) is 0 Å². The summed E-state index contributed by atoms with van der Waals surface area (Å²) in [5.74, 6) is 1.64. The standard InChI is InChI=1S/C12H13FN4/c1-8-15-11(17-12(7-14)16-8)6-9-2-4-10(13)5-3-9/h2-5H,6-7,14H2,1H3. The first-order valence-corrected chi connectivity index (χ1v) is 5.32. The minimum atomic E-state index is -0.247. The first kappa shape index (κ1) is 11.6. The number of nitrogens with zero attached hydrogens (tertiary/aromatic N) is 3. The van der Waals surface area contributed by atoms with Crippen LogP contribution in [-0.2, 0) is 13.0 Å². The van der Waals surface area contributed by atoms with E-state index in [2.05, 4.69) is 15.0 Å². The number of hydrogen-bond acceptors (Lipinski definition) is 4. The van der Waals surface area contributed by atoms with Crippen LogP contribution in [0.25, 0.3) is 0 Å². The average Bonchev–Trinajstić information content (AvgIpc) is 2.31. The molecular weight excluding hydrogens is 219 g/mol. The van der Waals surface area contributed by atoms with Gasteiger partial charge in [0.2, 0.25) is 0 Å². The third kappa shape index (κ3) is 3.04. The smallest absolute Gasteiger partial charge is 0.146 e. The highest BCUT2D eigenvalue weighted by molar-refractivity contribution is 5.20. The van der Waals surface area contributed by atoms with E-state index in [-0.39, 0.29) is 5.82 Å². The van der Waals surface area contributed by atoms with Crippen LogP contribution in [-0.4, -0.2) is 15.0 Å². The Morgan fingerprint density at radius 2 is 1.71 bits per heavy atom. The topological polar surface area (TPSA) is 64.7 Å². The van der Waals surface area contributed by atoms with Crippen molar-refractivity contribution in [3.8, 4) is 0 Å². The molecule has 1 aromatic heterocycles. The van der Waals surface area contributed by atoms with Crippen LogP contribution in [0.15, 0.2) is 24.3 Å². The van der Waals surface area contributed by atoms with Crippen LogP contribution in [0.1, 0.15) is 23.0 Å². The van der Waals surface area contributed by atoms with E-state index in [0.29, 0.717) is 30.4 Å². The maximum absolute atomic E-state index is 12.8. The van der Waals surface area contributed by atoms with Gasteiger partial charge in [-0.1, -0.05) is 12.1 Å². The molecule has 2 aromatic rings. The van der Waals surface area contributed by atoms with Gasteiger partial charge in [0.25, 0.3) is 0 Å². The SMILES string of the molecule is Cc1nc(CN)nc(Cc2ccc(F)cc2)n1. The molecule has 1 heterocycles. The molecule has 1 aromatic carbocycles. The highest BCUT2D eigenvalue weighted by Crippen LogP contribution is 2.07. The lowest BCUT2D eigenvalue weighted by Gasteiger charge is -2.03. The molecule has 0 bridgehead atoms. The van der Waals surface area contributed by atoms with Crippen molar-refractivity contribution in [3.63, 3.8) is 0 Å². The number of rotatable bonds is 3. The van der Waals surface area contributed by atoms with E-state index < -0.39 is 0 Å². The van der Waals surface area contributed by atoms with Crippen LogP contribution < -0.4 is 5.73 Å². The fourth-order valence-corrected chi connectivity index (χ4v) is 1.55. The van der Waals surface area contributed by atoms with Crippen LogP contribution in [0.3, 0.4) is 0 Å². The molecule has 0 amide bonds. The van der Waals surface area contributed by atoms with Crippen molar-refractivity contribution in [1.29, 1.82) is 0 Å². The van der Waals surface area contributed by atoms with Crippen LogP contribution in [0.2, 0.25) is 0 Å². The van der Waals surface area contributed by atoms with Gasteiger partial charge in [-0.3, -0.25) is 0 Å². The summed E-state index contributed by atoms with van der Waals surface area (Å²) >= 11 is 0. The van der Waals surface area contributed by atoms with Gasteiger partial charge < -0.3 is 5.73 Å². The van der Waals surface area contributed by atoms with E-state index in [0.717, 1.165) is 5.56 Å². The summed E-state index contributed by atoms with van der Waals surface area (Å²) in [4.78, 5) is 12.6. The fourth-order valence-electron chi connectivity index (χ4n) is 1.55. The summed E-state index contributed by atoms with van der Waals surface area (Å²) in [5.41, 5.74) is 6.46. The first-order valence-electron chi connectivity index (χ1n) is 5.32. The average molecular weight is 232 g/mol. The second-order valence-electron chi connectivity index (χ2n) is 3.72. The monoisotopic (exact) mass is 232 g/mol. The van der Waals surface area contributed by atoms with Crippen molar-refractivity contribution in [2.75, 3.05) is 0 Å². The molecule has 0 radical (unpaired) electrons. The minimum absolute atomic E-state index is 0.247. The van der Waals surface area contributed by atoms with E-state index in [1.165, 1.54) is 12.1 Å². The molecule has 4 nitrogen and oxygen atoms in total. The number of halogens is 1. The van der Waals surface area contributed by atoms with Crippen molar-refractivity contribution in [1.82, 2.24) is 15.0 Å². The van der Waals surface area contributed by atoms with Crippen LogP contribution in [0.4, 0.5) is 4.39 Å². The minimum Gasteiger partial charge on any atom is -0.324 e. The van der Waals surface area contributed by atoms with Gasteiger partial charge in [-0.15, -0.1) is 0 Å². The molecule has 17 heavy (non-hydrogen) atoms. The predicted molar refractivity (Wildman–Crippen MR) is 61.7 cm³/mol. The molecule has 2 N–H and O–H groups in total. The lowest BCUT2D eigenvalue weighted by atomic mass is 10.1. The van der Waals surface area contributed by atoms with E-state index in [4.69, 9.17) is 5.73 Å². The van der Waals surface area contributed by atoms with Gasteiger partial charge in [-0.05, 0) is 24.6 Å². The molecular formula is C12H13FN4. The van der Waals surface area contributed by atoms with Gasteiger partial charge in [-0.25, -0.2) is 19.3 Å². The maximum Gasteiger partial charge on any atom is 0.146 e. The maximum atomic E-state index is 12.8. The molecule has 0 atom stereocenters. The molecule has 0 fully saturated rings. The van der Waals surface area contributed by atoms with Gasteiger partial charge in [0, 0.05) is 6.42 Å². The van der Waals surface area contributed by atoms with Gasteiger partial charge in [-0.2, -0.15) is 0 Å². The molecule has 0 aliphatic heterocycles. The Kier molecular flexibility index (Phi) is 3.39. The molecule has 2 rings (SSSR count). The summed E-state index contributed by atoms with van der Waals surface area (Å²) in [6.07, 6.45) is 0.552. The van der Waals surface area contributed by atoms with Crippen molar-refractivity contribution in [2.24, 2.45) is 5.73 Å². The predicted octanol–water partition coefficient (Wildman–Crippen LogP) is 1.37. The lowest BCUT2D eigenvalue weighted by molar-refractivity contribution is 0.627. The quantitative estimate of drug-likeness (QED) is 0.868. The normalized spacial score (nSPS) is 10.5. The van der Waals surface area contributed by atoms with Crippen molar-refractivity contribution in [2.45, 2.75) is 19.9 Å². The molecule has 0 saturated heterocycles. The summed E-state index contributed by atoms with van der Waals surface area (Å²) in [5, 5.41) is 0. The van der Waals surface area contributed by atoms with Crippen molar-refractivity contribution in [3.05, 3.63) is 53.1 Å². The zero-order valence-electron chi connectivity index (χ0n) is 9.52. The number of benzene rings is 1. The fraction of sp³-hybridized carbons (Fsp3) is 0.250. The molecule has 5 heteroatoms. The Hall–Kier alpha value is -1.88. The number of nitrogens with two attached hydrogens (primary N) is 1. The number of aryl methyl sites for hydroxylation is 1. The van der Waals surface area contributed by atoms with Crippen molar-refractivity contribution >= 4 is 0 Å². The van der Waals surface area contributed by atoms with Crippen LogP contribution in [0.5, 0.6) is 0 Å². The second kappa shape index (κ2) is 4.97. The summed E-state index contributed by atoms with van der Waals surface area (Å²) in [6.45, 7) is 2.09. The number of aromatic nitrogens is 3. The van der Waals surface area contributed by atoms with Crippen LogP contribution >= 0.6 is 0 Å². The summed E-state index contributed by atoms with van der Waals surface area (Å²) in [7, 11) is 0. The Morgan fingerprint density at radius 3 is 2.35 bits per heavy atom. The van der Waals surface area contributed by atoms with E-state index in [1.807, 2.05) is 0 Å². The zero-order chi connectivity index (χ0) is 12.3. The highest BCUT2D eigenvalue weighted by atomic mass is 19.1. The molecule has 0 saturated carbocycles. The third-order valence-corrected chi connectivity index (χ3v) is 2.30. The Labute approximate surface area is 98.7 Å². The van der Waals surface area contributed by atoms with Gasteiger partial charge in [0.05, 0.1) is 6.54 Å². The molecule has 88 valence electrons. The first-order chi connectivity index (χ1) is 8.17. The summed E-state index contributed by atoms with van der Waals surface area (Å²) in [6, 6.07) is 6.29. The van der Waals surface area contributed by atoms with E-state index >= 15 is 0 Å². The summed E-state index contributed by atoms with van der Waals surface area (Å²) < 4.78 is 12.8. The largest absolute Gasteiger partial charge is 0.324 e. The lowest BCUT2D eigenvalue weighted by Crippen LogP contribution is -2.09. The number of hydrogen-bond donors (Lipinski definition) is 1. The van der Waals surface area contributed by atoms with Gasteiger partial charge >= 0.3 is 0 Å². The van der Waals surface area contributed by atoms with E-state index in [9.17, 15) is 4.39 Å². The molecule has 0 aliphatic carbocycles. The molecule has 0 spiro atoms. The van der Waals surface area contributed by atoms with Crippen molar-refractivity contribution < 1.29 is 4.39 Å².